The summed E-state index contributed by atoms with van der Waals surface area (Å²) in [6, 6.07) is 10.0. The molecule has 1 fully saturated rings. The van der Waals surface area contributed by atoms with Crippen LogP contribution in [0.5, 0.6) is 0 Å². The number of carbonyl (C=O) groups is 2. The molecule has 2 atom stereocenters. The van der Waals surface area contributed by atoms with Crippen LogP contribution in [0.25, 0.3) is 0 Å². The molecule has 0 aliphatic heterocycles. The van der Waals surface area contributed by atoms with Gasteiger partial charge in [0.05, 0.1) is 11.8 Å². The molecule has 1 aliphatic carbocycles. The number of rotatable bonds is 9. The van der Waals surface area contributed by atoms with E-state index in [1.165, 1.54) is 0 Å². The third-order valence-corrected chi connectivity index (χ3v) is 4.63. The average molecular weight is 330 g/mol. The molecule has 0 radical (unpaired) electrons. The van der Waals surface area contributed by atoms with Crippen molar-refractivity contribution in [2.45, 2.75) is 46.6 Å². The summed E-state index contributed by atoms with van der Waals surface area (Å²) in [6.45, 7) is 9.08. The van der Waals surface area contributed by atoms with Gasteiger partial charge in [0.15, 0.2) is 0 Å². The lowest BCUT2D eigenvalue weighted by Gasteiger charge is -2.23. The highest BCUT2D eigenvalue weighted by Gasteiger charge is 2.50. The molecule has 0 aromatic heterocycles. The number of nitrogens with zero attached hydrogens (tertiary/aromatic N) is 2. The average Bonchev–Trinajstić information content (AvgIpc) is 3.40. The summed E-state index contributed by atoms with van der Waals surface area (Å²) in [5, 5.41) is 0. The molecule has 0 spiro atoms. The minimum atomic E-state index is -0.114. The van der Waals surface area contributed by atoms with E-state index in [0.717, 1.165) is 31.5 Å². The Hall–Kier alpha value is -1.84. The Morgan fingerprint density at radius 3 is 1.96 bits per heavy atom. The van der Waals surface area contributed by atoms with Crippen molar-refractivity contribution < 1.29 is 9.59 Å². The Balaban J connectivity index is 1.94. The Bertz CT molecular complexity index is 538. The molecule has 4 nitrogen and oxygen atoms in total. The van der Waals surface area contributed by atoms with Crippen LogP contribution >= 0.6 is 0 Å². The van der Waals surface area contributed by atoms with Gasteiger partial charge in [0.2, 0.25) is 11.8 Å². The van der Waals surface area contributed by atoms with E-state index in [1.54, 1.807) is 0 Å². The predicted octanol–water partition coefficient (Wildman–Crippen LogP) is 3.32. The lowest BCUT2D eigenvalue weighted by molar-refractivity contribution is -0.138. The Kier molecular flexibility index (Phi) is 6.83. The predicted molar refractivity (Wildman–Crippen MR) is 96.3 cm³/mol. The molecule has 2 unspecified atom stereocenters. The standard InChI is InChI=1S/C20H30N2O2/c1-4-12-22(13-5-2)20(24)18-14-17(18)19(23)21(6-3)15-16-10-8-7-9-11-16/h7-11,17-18H,4-6,12-15H2,1-3H3. The second kappa shape index (κ2) is 8.86. The number of amides is 2. The van der Waals surface area contributed by atoms with Crippen molar-refractivity contribution in [3.8, 4) is 0 Å². The number of benzene rings is 1. The third kappa shape index (κ3) is 4.59. The highest BCUT2D eigenvalue weighted by Crippen LogP contribution is 2.41. The van der Waals surface area contributed by atoms with Crippen molar-refractivity contribution in [3.63, 3.8) is 0 Å². The van der Waals surface area contributed by atoms with E-state index in [9.17, 15) is 9.59 Å². The first-order valence-electron chi connectivity index (χ1n) is 9.23. The van der Waals surface area contributed by atoms with Gasteiger partial charge in [-0.05, 0) is 31.7 Å². The van der Waals surface area contributed by atoms with Gasteiger partial charge >= 0.3 is 0 Å². The van der Waals surface area contributed by atoms with Crippen LogP contribution in [0.2, 0.25) is 0 Å². The Morgan fingerprint density at radius 1 is 0.917 bits per heavy atom. The van der Waals surface area contributed by atoms with Crippen LogP contribution in [0.3, 0.4) is 0 Å². The molecule has 2 amide bonds. The molecule has 0 saturated heterocycles. The van der Waals surface area contributed by atoms with Crippen LogP contribution in [0, 0.1) is 11.8 Å². The van der Waals surface area contributed by atoms with Gasteiger partial charge in [-0.1, -0.05) is 44.2 Å². The van der Waals surface area contributed by atoms with Gasteiger partial charge in [-0.2, -0.15) is 0 Å². The Morgan fingerprint density at radius 2 is 1.46 bits per heavy atom. The van der Waals surface area contributed by atoms with Crippen molar-refractivity contribution in [3.05, 3.63) is 35.9 Å². The molecular weight excluding hydrogens is 300 g/mol. The fraction of sp³-hybridized carbons (Fsp3) is 0.600. The minimum Gasteiger partial charge on any atom is -0.342 e. The molecule has 1 aromatic carbocycles. The summed E-state index contributed by atoms with van der Waals surface area (Å²) >= 11 is 0. The highest BCUT2D eigenvalue weighted by atomic mass is 16.2. The Labute approximate surface area is 145 Å². The van der Waals surface area contributed by atoms with Gasteiger partial charge in [-0.25, -0.2) is 0 Å². The number of hydrogen-bond donors (Lipinski definition) is 0. The molecule has 1 saturated carbocycles. The third-order valence-electron chi connectivity index (χ3n) is 4.63. The van der Waals surface area contributed by atoms with Gasteiger partial charge in [-0.3, -0.25) is 9.59 Å². The first kappa shape index (κ1) is 18.5. The molecule has 2 rings (SSSR count). The van der Waals surface area contributed by atoms with E-state index in [4.69, 9.17) is 0 Å². The highest BCUT2D eigenvalue weighted by molar-refractivity contribution is 5.92. The number of carbonyl (C=O) groups excluding carboxylic acids is 2. The van der Waals surface area contributed by atoms with E-state index >= 15 is 0 Å². The van der Waals surface area contributed by atoms with Crippen LogP contribution in [-0.4, -0.2) is 41.2 Å². The largest absolute Gasteiger partial charge is 0.342 e. The van der Waals surface area contributed by atoms with Crippen molar-refractivity contribution in [2.75, 3.05) is 19.6 Å². The van der Waals surface area contributed by atoms with E-state index in [2.05, 4.69) is 13.8 Å². The van der Waals surface area contributed by atoms with E-state index in [0.29, 0.717) is 19.5 Å². The van der Waals surface area contributed by atoms with Crippen molar-refractivity contribution in [1.29, 1.82) is 0 Å². The summed E-state index contributed by atoms with van der Waals surface area (Å²) in [7, 11) is 0. The zero-order valence-electron chi connectivity index (χ0n) is 15.2. The lowest BCUT2D eigenvalue weighted by Crippen LogP contribution is -2.36. The summed E-state index contributed by atoms with van der Waals surface area (Å²) in [6.07, 6.45) is 2.64. The monoisotopic (exact) mass is 330 g/mol. The topological polar surface area (TPSA) is 40.6 Å². The summed E-state index contributed by atoms with van der Waals surface area (Å²) in [5.41, 5.74) is 1.13. The van der Waals surface area contributed by atoms with Crippen molar-refractivity contribution in [2.24, 2.45) is 11.8 Å². The fourth-order valence-corrected chi connectivity index (χ4v) is 3.23. The molecule has 0 bridgehead atoms. The van der Waals surface area contributed by atoms with Crippen LogP contribution in [0.4, 0.5) is 0 Å². The van der Waals surface area contributed by atoms with Crippen LogP contribution in [0.15, 0.2) is 30.3 Å². The number of hydrogen-bond acceptors (Lipinski definition) is 2. The molecule has 0 heterocycles. The molecule has 1 aromatic rings. The van der Waals surface area contributed by atoms with Crippen molar-refractivity contribution >= 4 is 11.8 Å². The molecule has 132 valence electrons. The maximum Gasteiger partial charge on any atom is 0.226 e. The zero-order valence-corrected chi connectivity index (χ0v) is 15.2. The maximum atomic E-state index is 12.7. The second-order valence-corrected chi connectivity index (χ2v) is 6.61. The van der Waals surface area contributed by atoms with Gasteiger partial charge in [0, 0.05) is 26.2 Å². The smallest absolute Gasteiger partial charge is 0.226 e. The fourth-order valence-electron chi connectivity index (χ4n) is 3.23. The van der Waals surface area contributed by atoms with E-state index in [1.807, 2.05) is 47.1 Å². The molecule has 4 heteroatoms. The first-order chi connectivity index (χ1) is 11.6. The van der Waals surface area contributed by atoms with E-state index < -0.39 is 0 Å². The SMILES string of the molecule is CCCN(CCC)C(=O)C1CC1C(=O)N(CC)Cc1ccccc1. The second-order valence-electron chi connectivity index (χ2n) is 6.61. The molecule has 1 aliphatic rings. The minimum absolute atomic E-state index is 0.0968. The first-order valence-corrected chi connectivity index (χ1v) is 9.23. The van der Waals surface area contributed by atoms with Crippen molar-refractivity contribution in [1.82, 2.24) is 9.80 Å². The van der Waals surface area contributed by atoms with Gasteiger partial charge in [0.1, 0.15) is 0 Å². The molecule has 0 N–H and O–H groups in total. The van der Waals surface area contributed by atoms with Gasteiger partial charge < -0.3 is 9.80 Å². The zero-order chi connectivity index (χ0) is 17.5. The lowest BCUT2D eigenvalue weighted by atomic mass is 10.2. The summed E-state index contributed by atoms with van der Waals surface area (Å²) in [4.78, 5) is 29.2. The summed E-state index contributed by atoms with van der Waals surface area (Å²) in [5.74, 6) is 0.0956. The quantitative estimate of drug-likeness (QED) is 0.697. The van der Waals surface area contributed by atoms with Crippen LogP contribution in [0.1, 0.15) is 45.6 Å². The van der Waals surface area contributed by atoms with Crippen LogP contribution in [-0.2, 0) is 16.1 Å². The molecular formula is C20H30N2O2. The van der Waals surface area contributed by atoms with E-state index in [-0.39, 0.29) is 23.7 Å². The summed E-state index contributed by atoms with van der Waals surface area (Å²) < 4.78 is 0. The van der Waals surface area contributed by atoms with Gasteiger partial charge in [0.25, 0.3) is 0 Å². The normalized spacial score (nSPS) is 19.0. The van der Waals surface area contributed by atoms with Gasteiger partial charge in [-0.15, -0.1) is 0 Å². The molecule has 24 heavy (non-hydrogen) atoms. The maximum absolute atomic E-state index is 12.7. The van der Waals surface area contributed by atoms with Crippen LogP contribution < -0.4 is 0 Å².